The van der Waals surface area contributed by atoms with Crippen LogP contribution in [-0.2, 0) is 0 Å². The number of nitrogens with zero attached hydrogens (tertiary/aromatic N) is 2. The highest BCUT2D eigenvalue weighted by molar-refractivity contribution is 6.01. The summed E-state index contributed by atoms with van der Waals surface area (Å²) < 4.78 is 15.4. The highest BCUT2D eigenvalue weighted by Gasteiger charge is 2.15. The molecule has 0 aliphatic heterocycles. The third-order valence-electron chi connectivity index (χ3n) is 3.51. The Bertz CT molecular complexity index is 836. The van der Waals surface area contributed by atoms with Crippen LogP contribution in [0.2, 0.25) is 0 Å². The molecule has 0 aliphatic carbocycles. The zero-order valence-electron chi connectivity index (χ0n) is 11.3. The van der Waals surface area contributed by atoms with Crippen LogP contribution >= 0.6 is 0 Å². The highest BCUT2D eigenvalue weighted by atomic mass is 19.1. The fourth-order valence-corrected chi connectivity index (χ4v) is 2.57. The molecule has 0 amide bonds. The van der Waals surface area contributed by atoms with Crippen molar-refractivity contribution in [2.24, 2.45) is 5.16 Å². The van der Waals surface area contributed by atoms with E-state index in [1.165, 1.54) is 18.3 Å². The maximum Gasteiger partial charge on any atom is 0.123 e. The molecule has 1 aromatic heterocycles. The normalized spacial score (nSPS) is 11.5. The molecule has 0 saturated carbocycles. The number of aromatic nitrogens is 1. The Balaban J connectivity index is 2.37. The summed E-state index contributed by atoms with van der Waals surface area (Å²) >= 11 is 0. The SMILES string of the molecule is Cc1c(C=NO)c2cc(F)ccc2n1-c1ccc(O)cc1. The number of phenolic OH excluding ortho intramolecular Hbond substituents is 1. The molecule has 3 aromatic rings. The summed E-state index contributed by atoms with van der Waals surface area (Å²) in [6.45, 7) is 1.86. The molecule has 3 rings (SSSR count). The molecule has 0 spiro atoms. The van der Waals surface area contributed by atoms with Crippen molar-refractivity contribution < 1.29 is 14.7 Å². The zero-order valence-corrected chi connectivity index (χ0v) is 11.3. The molecule has 4 nitrogen and oxygen atoms in total. The van der Waals surface area contributed by atoms with Gasteiger partial charge in [0.2, 0.25) is 0 Å². The first-order chi connectivity index (χ1) is 10.1. The Kier molecular flexibility index (Phi) is 3.10. The van der Waals surface area contributed by atoms with E-state index in [4.69, 9.17) is 5.21 Å². The molecule has 0 unspecified atom stereocenters. The maximum atomic E-state index is 13.5. The van der Waals surface area contributed by atoms with Crippen LogP contribution in [0.1, 0.15) is 11.3 Å². The highest BCUT2D eigenvalue weighted by Crippen LogP contribution is 2.29. The monoisotopic (exact) mass is 284 g/mol. The lowest BCUT2D eigenvalue weighted by molar-refractivity contribution is 0.322. The Morgan fingerprint density at radius 1 is 1.14 bits per heavy atom. The van der Waals surface area contributed by atoms with E-state index < -0.39 is 0 Å². The predicted molar refractivity (Wildman–Crippen MR) is 79.0 cm³/mol. The number of fused-ring (bicyclic) bond motifs is 1. The first kappa shape index (κ1) is 13.2. The molecule has 0 saturated heterocycles. The number of oxime groups is 1. The van der Waals surface area contributed by atoms with Crippen LogP contribution in [0.4, 0.5) is 4.39 Å². The van der Waals surface area contributed by atoms with Crippen molar-refractivity contribution in [3.05, 3.63) is 59.5 Å². The van der Waals surface area contributed by atoms with E-state index >= 15 is 0 Å². The second-order valence-electron chi connectivity index (χ2n) is 4.76. The lowest BCUT2D eigenvalue weighted by Crippen LogP contribution is -1.97. The van der Waals surface area contributed by atoms with E-state index in [0.29, 0.717) is 10.9 Å². The third-order valence-corrected chi connectivity index (χ3v) is 3.51. The van der Waals surface area contributed by atoms with Crippen molar-refractivity contribution in [1.82, 2.24) is 4.57 Å². The summed E-state index contributed by atoms with van der Waals surface area (Å²) in [6.07, 6.45) is 1.30. The molecule has 106 valence electrons. The minimum absolute atomic E-state index is 0.177. The number of phenols is 1. The van der Waals surface area contributed by atoms with E-state index in [1.54, 1.807) is 30.3 Å². The molecule has 0 radical (unpaired) electrons. The van der Waals surface area contributed by atoms with Gasteiger partial charge in [-0.15, -0.1) is 0 Å². The molecule has 1 heterocycles. The quantitative estimate of drug-likeness (QED) is 0.429. The van der Waals surface area contributed by atoms with Crippen LogP contribution in [0, 0.1) is 12.7 Å². The summed E-state index contributed by atoms with van der Waals surface area (Å²) in [5.74, 6) is -0.172. The molecule has 21 heavy (non-hydrogen) atoms. The summed E-state index contributed by atoms with van der Waals surface area (Å²) in [6, 6.07) is 11.2. The minimum Gasteiger partial charge on any atom is -0.508 e. The summed E-state index contributed by atoms with van der Waals surface area (Å²) in [4.78, 5) is 0. The topological polar surface area (TPSA) is 57.8 Å². The standard InChI is InChI=1S/C16H13FN2O2/c1-10-15(9-18-21)14-8-11(17)2-7-16(14)19(10)12-3-5-13(20)6-4-12/h2-9,20-21H,1H3. The van der Waals surface area contributed by atoms with Gasteiger partial charge in [0.05, 0.1) is 11.7 Å². The van der Waals surface area contributed by atoms with Crippen LogP contribution in [0.5, 0.6) is 5.75 Å². The van der Waals surface area contributed by atoms with Gasteiger partial charge in [-0.1, -0.05) is 5.16 Å². The van der Waals surface area contributed by atoms with Crippen LogP contribution in [0.3, 0.4) is 0 Å². The number of benzene rings is 2. The Morgan fingerprint density at radius 3 is 2.52 bits per heavy atom. The smallest absolute Gasteiger partial charge is 0.123 e. The molecule has 2 aromatic carbocycles. The molecule has 0 atom stereocenters. The van der Waals surface area contributed by atoms with E-state index in [0.717, 1.165) is 16.9 Å². The second-order valence-corrected chi connectivity index (χ2v) is 4.76. The van der Waals surface area contributed by atoms with Gasteiger partial charge in [0.15, 0.2) is 0 Å². The first-order valence-corrected chi connectivity index (χ1v) is 6.39. The van der Waals surface area contributed by atoms with Crippen LogP contribution < -0.4 is 0 Å². The van der Waals surface area contributed by atoms with Crippen molar-refractivity contribution in [3.8, 4) is 11.4 Å². The Hall–Kier alpha value is -2.82. The third kappa shape index (κ3) is 2.12. The van der Waals surface area contributed by atoms with Crippen molar-refractivity contribution in [2.45, 2.75) is 6.92 Å². The second kappa shape index (κ2) is 4.94. The van der Waals surface area contributed by atoms with Crippen LogP contribution in [0.25, 0.3) is 16.6 Å². The van der Waals surface area contributed by atoms with Gasteiger partial charge in [0, 0.05) is 22.3 Å². The van der Waals surface area contributed by atoms with Gasteiger partial charge < -0.3 is 14.9 Å². The number of rotatable bonds is 2. The van der Waals surface area contributed by atoms with Gasteiger partial charge >= 0.3 is 0 Å². The van der Waals surface area contributed by atoms with Crippen LogP contribution in [-0.4, -0.2) is 21.1 Å². The van der Waals surface area contributed by atoms with Gasteiger partial charge in [0.25, 0.3) is 0 Å². The van der Waals surface area contributed by atoms with Gasteiger partial charge in [-0.3, -0.25) is 0 Å². The van der Waals surface area contributed by atoms with E-state index in [1.807, 2.05) is 11.5 Å². The molecular weight excluding hydrogens is 271 g/mol. The number of halogens is 1. The van der Waals surface area contributed by atoms with Crippen LogP contribution in [0.15, 0.2) is 47.6 Å². The molecule has 0 bridgehead atoms. The van der Waals surface area contributed by atoms with E-state index in [2.05, 4.69) is 5.16 Å². The maximum absolute atomic E-state index is 13.5. The number of aromatic hydroxyl groups is 1. The van der Waals surface area contributed by atoms with Crippen molar-refractivity contribution >= 4 is 17.1 Å². The largest absolute Gasteiger partial charge is 0.508 e. The van der Waals surface area contributed by atoms with E-state index in [-0.39, 0.29) is 11.6 Å². The van der Waals surface area contributed by atoms with Crippen molar-refractivity contribution in [3.63, 3.8) is 0 Å². The van der Waals surface area contributed by atoms with Gasteiger partial charge in [-0.25, -0.2) is 4.39 Å². The van der Waals surface area contributed by atoms with Gasteiger partial charge in [-0.05, 0) is 49.4 Å². The Labute approximate surface area is 120 Å². The minimum atomic E-state index is -0.349. The lowest BCUT2D eigenvalue weighted by atomic mass is 10.1. The molecule has 0 aliphatic rings. The first-order valence-electron chi connectivity index (χ1n) is 6.39. The predicted octanol–water partition coefficient (Wildman–Crippen LogP) is 3.59. The fraction of sp³-hybridized carbons (Fsp3) is 0.0625. The lowest BCUT2D eigenvalue weighted by Gasteiger charge is -2.08. The summed E-state index contributed by atoms with van der Waals surface area (Å²) in [5, 5.41) is 22.0. The number of hydrogen-bond donors (Lipinski definition) is 2. The summed E-state index contributed by atoms with van der Waals surface area (Å²) in [5.41, 5.74) is 3.10. The molecule has 5 heteroatoms. The van der Waals surface area contributed by atoms with Gasteiger partial charge in [-0.2, -0.15) is 0 Å². The Morgan fingerprint density at radius 2 is 1.86 bits per heavy atom. The average Bonchev–Trinajstić information content (AvgIpc) is 2.73. The van der Waals surface area contributed by atoms with Gasteiger partial charge in [0.1, 0.15) is 11.6 Å². The molecule has 0 fully saturated rings. The summed E-state index contributed by atoms with van der Waals surface area (Å²) in [7, 11) is 0. The average molecular weight is 284 g/mol. The molecular formula is C16H13FN2O2. The fourth-order valence-electron chi connectivity index (χ4n) is 2.57. The van der Waals surface area contributed by atoms with Crippen molar-refractivity contribution in [1.29, 1.82) is 0 Å². The zero-order chi connectivity index (χ0) is 15.0. The molecule has 2 N–H and O–H groups in total. The number of hydrogen-bond acceptors (Lipinski definition) is 3. The van der Waals surface area contributed by atoms with E-state index in [9.17, 15) is 9.50 Å². The van der Waals surface area contributed by atoms with Crippen molar-refractivity contribution in [2.75, 3.05) is 0 Å².